The number of furan rings is 2. The molecule has 4 heteroatoms. The van der Waals surface area contributed by atoms with Gasteiger partial charge in [-0.1, -0.05) is 176 Å². The molecule has 14 rings (SSSR count). The van der Waals surface area contributed by atoms with Gasteiger partial charge < -0.3 is 18.3 Å². The van der Waals surface area contributed by atoms with Crippen molar-refractivity contribution in [2.75, 3.05) is 4.90 Å². The lowest BCUT2D eigenvalue weighted by Gasteiger charge is -2.31. The molecule has 66 heavy (non-hydrogen) atoms. The van der Waals surface area contributed by atoms with Crippen LogP contribution in [0.5, 0.6) is 0 Å². The lowest BCUT2D eigenvalue weighted by Crippen LogP contribution is -2.13. The van der Waals surface area contributed by atoms with Crippen molar-refractivity contribution in [3.05, 3.63) is 231 Å². The SMILES string of the molecule is c1ccc(N(c2ccc3c(oc4ccccc43)c2-c2ccccc2-n2c3ccccc3c3ccccc32)c2cc3ccccc3c3ccccc23)c(-c2cccc3c2oc2ccccc23)c1. The van der Waals surface area contributed by atoms with E-state index in [9.17, 15) is 0 Å². The van der Waals surface area contributed by atoms with E-state index in [0.29, 0.717) is 0 Å². The van der Waals surface area contributed by atoms with Gasteiger partial charge in [-0.25, -0.2) is 0 Å². The zero-order chi connectivity index (χ0) is 43.3. The molecule has 11 aromatic carbocycles. The number of nitrogens with zero attached hydrogens (tertiary/aromatic N) is 2. The van der Waals surface area contributed by atoms with E-state index in [1.807, 2.05) is 6.07 Å². The predicted octanol–water partition coefficient (Wildman–Crippen LogP) is 17.7. The van der Waals surface area contributed by atoms with E-state index in [-0.39, 0.29) is 0 Å². The van der Waals surface area contributed by atoms with Crippen molar-refractivity contribution >= 4 is 104 Å². The van der Waals surface area contributed by atoms with Crippen molar-refractivity contribution in [3.63, 3.8) is 0 Å². The molecule has 0 radical (unpaired) electrons. The highest BCUT2D eigenvalue weighted by atomic mass is 16.3. The molecule has 14 aromatic rings. The Morgan fingerprint density at radius 2 is 0.818 bits per heavy atom. The van der Waals surface area contributed by atoms with Gasteiger partial charge in [-0.05, 0) is 70.8 Å². The van der Waals surface area contributed by atoms with E-state index in [4.69, 9.17) is 8.83 Å². The van der Waals surface area contributed by atoms with Gasteiger partial charge in [0.25, 0.3) is 0 Å². The largest absolute Gasteiger partial charge is 0.455 e. The molecule has 0 amide bonds. The van der Waals surface area contributed by atoms with E-state index < -0.39 is 0 Å². The fourth-order valence-electron chi connectivity index (χ4n) is 10.8. The highest BCUT2D eigenvalue weighted by Gasteiger charge is 2.29. The van der Waals surface area contributed by atoms with Crippen LogP contribution in [0.1, 0.15) is 0 Å². The number of aromatic nitrogens is 1. The molecule has 308 valence electrons. The Morgan fingerprint density at radius 1 is 0.303 bits per heavy atom. The highest BCUT2D eigenvalue weighted by molar-refractivity contribution is 6.20. The normalized spacial score (nSPS) is 11.9. The van der Waals surface area contributed by atoms with Crippen LogP contribution in [0.4, 0.5) is 17.1 Å². The van der Waals surface area contributed by atoms with Gasteiger partial charge in [0.05, 0.1) is 39.3 Å². The first-order valence-electron chi connectivity index (χ1n) is 22.5. The first-order chi connectivity index (χ1) is 32.8. The number of para-hydroxylation sites is 7. The smallest absolute Gasteiger partial charge is 0.145 e. The Hall–Kier alpha value is -8.86. The lowest BCUT2D eigenvalue weighted by atomic mass is 9.93. The molecule has 0 atom stereocenters. The number of benzene rings is 11. The van der Waals surface area contributed by atoms with E-state index in [0.717, 1.165) is 111 Å². The molecular formula is C62H38N2O2. The minimum Gasteiger partial charge on any atom is -0.455 e. The van der Waals surface area contributed by atoms with Gasteiger partial charge in [0.15, 0.2) is 0 Å². The van der Waals surface area contributed by atoms with Gasteiger partial charge in [-0.2, -0.15) is 0 Å². The standard InChI is InChI=1S/C62H38N2O2/c1-2-19-40-39(18-1)38-57(42-21-4-3-20-41(40)42)64(54-32-13-7-24-45(54)48-28-17-29-49-46-25-9-15-34-58(46)65-61(48)49)56-37-36-50-47-26-10-16-35-59(47)66-62(50)60(56)51-27-8-14-33-55(51)63-52-30-11-5-22-43(52)44-23-6-12-31-53(44)63/h1-38H. The van der Waals surface area contributed by atoms with Gasteiger partial charge in [0, 0.05) is 54.4 Å². The Morgan fingerprint density at radius 3 is 1.56 bits per heavy atom. The van der Waals surface area contributed by atoms with Crippen molar-refractivity contribution in [1.82, 2.24) is 4.57 Å². The van der Waals surface area contributed by atoms with Crippen LogP contribution in [-0.4, -0.2) is 4.57 Å². The fourth-order valence-corrected chi connectivity index (χ4v) is 10.8. The molecule has 0 saturated carbocycles. The quantitative estimate of drug-likeness (QED) is 0.156. The molecule has 0 saturated heterocycles. The average molecular weight is 843 g/mol. The fraction of sp³-hybridized carbons (Fsp3) is 0. The summed E-state index contributed by atoms with van der Waals surface area (Å²) in [5, 5.41) is 11.4. The molecule has 0 aliphatic heterocycles. The van der Waals surface area contributed by atoms with Crippen molar-refractivity contribution in [2.45, 2.75) is 0 Å². The summed E-state index contributed by atoms with van der Waals surface area (Å²) in [5.74, 6) is 0. The van der Waals surface area contributed by atoms with Gasteiger partial charge >= 0.3 is 0 Å². The topological polar surface area (TPSA) is 34.5 Å². The average Bonchev–Trinajstić information content (AvgIpc) is 4.07. The first-order valence-corrected chi connectivity index (χ1v) is 22.5. The van der Waals surface area contributed by atoms with Crippen LogP contribution in [0.2, 0.25) is 0 Å². The number of fused-ring (bicyclic) bond motifs is 12. The van der Waals surface area contributed by atoms with Crippen molar-refractivity contribution in [2.24, 2.45) is 0 Å². The van der Waals surface area contributed by atoms with Crippen LogP contribution in [-0.2, 0) is 0 Å². The second kappa shape index (κ2) is 14.3. The minimum absolute atomic E-state index is 0.828. The molecule has 4 nitrogen and oxygen atoms in total. The second-order valence-corrected chi connectivity index (χ2v) is 17.1. The number of rotatable bonds is 6. The molecule has 3 heterocycles. The number of anilines is 3. The van der Waals surface area contributed by atoms with Gasteiger partial charge in [0.2, 0.25) is 0 Å². The summed E-state index contributed by atoms with van der Waals surface area (Å²) < 4.78 is 16.4. The lowest BCUT2D eigenvalue weighted by molar-refractivity contribution is 0.669. The van der Waals surface area contributed by atoms with Crippen LogP contribution in [0.25, 0.3) is 115 Å². The molecule has 0 N–H and O–H groups in total. The van der Waals surface area contributed by atoms with Crippen molar-refractivity contribution in [3.8, 4) is 27.9 Å². The Bertz CT molecular complexity index is 4210. The Kier molecular flexibility index (Phi) is 7.95. The molecular weight excluding hydrogens is 805 g/mol. The molecule has 0 aliphatic carbocycles. The first kappa shape index (κ1) is 36.6. The summed E-state index contributed by atoms with van der Waals surface area (Å²) in [6.07, 6.45) is 0. The second-order valence-electron chi connectivity index (χ2n) is 17.1. The zero-order valence-electron chi connectivity index (χ0n) is 35.7. The molecule has 0 bridgehead atoms. The highest BCUT2D eigenvalue weighted by Crippen LogP contribution is 2.53. The molecule has 0 fully saturated rings. The van der Waals surface area contributed by atoms with Crippen LogP contribution in [0.15, 0.2) is 239 Å². The minimum atomic E-state index is 0.828. The molecule has 0 unspecified atom stereocenters. The maximum Gasteiger partial charge on any atom is 0.145 e. The number of hydrogen-bond donors (Lipinski definition) is 0. The third-order valence-corrected chi connectivity index (χ3v) is 13.6. The van der Waals surface area contributed by atoms with Crippen LogP contribution in [0, 0.1) is 0 Å². The summed E-state index contributed by atoms with van der Waals surface area (Å²) >= 11 is 0. The van der Waals surface area contributed by atoms with E-state index >= 15 is 0 Å². The van der Waals surface area contributed by atoms with Crippen LogP contribution >= 0.6 is 0 Å². The predicted molar refractivity (Wildman–Crippen MR) is 276 cm³/mol. The summed E-state index contributed by atoms with van der Waals surface area (Å²) in [5.41, 5.74) is 13.9. The van der Waals surface area contributed by atoms with E-state index in [2.05, 4.69) is 234 Å². The summed E-state index contributed by atoms with van der Waals surface area (Å²) in [4.78, 5) is 2.48. The summed E-state index contributed by atoms with van der Waals surface area (Å²) in [6.45, 7) is 0. The third kappa shape index (κ3) is 5.33. The zero-order valence-corrected chi connectivity index (χ0v) is 35.7. The Balaban J connectivity index is 1.15. The van der Waals surface area contributed by atoms with E-state index in [1.54, 1.807) is 0 Å². The van der Waals surface area contributed by atoms with Crippen molar-refractivity contribution in [1.29, 1.82) is 0 Å². The molecule has 3 aromatic heterocycles. The van der Waals surface area contributed by atoms with Crippen molar-refractivity contribution < 1.29 is 8.83 Å². The molecule has 0 aliphatic rings. The Labute approximate surface area is 379 Å². The van der Waals surface area contributed by atoms with Gasteiger partial charge in [-0.3, -0.25) is 0 Å². The third-order valence-electron chi connectivity index (χ3n) is 13.6. The number of hydrogen-bond acceptors (Lipinski definition) is 3. The maximum atomic E-state index is 7.16. The van der Waals surface area contributed by atoms with Crippen LogP contribution in [0.3, 0.4) is 0 Å². The van der Waals surface area contributed by atoms with Gasteiger partial charge in [-0.15, -0.1) is 0 Å². The summed E-state index contributed by atoms with van der Waals surface area (Å²) in [6, 6.07) is 82.8. The van der Waals surface area contributed by atoms with Crippen LogP contribution < -0.4 is 4.90 Å². The van der Waals surface area contributed by atoms with E-state index in [1.165, 1.54) is 21.5 Å². The molecule has 0 spiro atoms. The monoisotopic (exact) mass is 842 g/mol. The van der Waals surface area contributed by atoms with Gasteiger partial charge in [0.1, 0.15) is 22.3 Å². The maximum absolute atomic E-state index is 7.16. The summed E-state index contributed by atoms with van der Waals surface area (Å²) in [7, 11) is 0.